The number of amides is 1. The monoisotopic (exact) mass is 399 g/mol. The van der Waals surface area contributed by atoms with Crippen molar-refractivity contribution in [3.05, 3.63) is 60.0 Å². The molecule has 1 aromatic heterocycles. The Morgan fingerprint density at radius 1 is 1.17 bits per heavy atom. The van der Waals surface area contributed by atoms with E-state index in [4.69, 9.17) is 9.26 Å². The van der Waals surface area contributed by atoms with Crippen molar-refractivity contribution in [3.63, 3.8) is 0 Å². The molecule has 2 aromatic carbocycles. The van der Waals surface area contributed by atoms with Gasteiger partial charge < -0.3 is 14.2 Å². The van der Waals surface area contributed by atoms with E-state index in [1.54, 1.807) is 0 Å². The maximum absolute atomic E-state index is 13.5. The summed E-state index contributed by atoms with van der Waals surface area (Å²) < 4.78 is 37.6. The van der Waals surface area contributed by atoms with Crippen molar-refractivity contribution in [2.75, 3.05) is 18.1 Å². The molecule has 0 bridgehead atoms. The summed E-state index contributed by atoms with van der Waals surface area (Å²) in [7, 11) is 0. The minimum atomic E-state index is -0.995. The summed E-state index contributed by atoms with van der Waals surface area (Å²) in [6.45, 7) is 2.95. The largest absolute Gasteiger partial charge is 0.494 e. The van der Waals surface area contributed by atoms with E-state index in [0.29, 0.717) is 24.0 Å². The zero-order valence-corrected chi connectivity index (χ0v) is 15.8. The second-order valence-electron chi connectivity index (χ2n) is 6.83. The fraction of sp³-hybridized carbons (Fsp3) is 0.286. The van der Waals surface area contributed by atoms with Gasteiger partial charge in [-0.3, -0.25) is 4.79 Å². The van der Waals surface area contributed by atoms with Crippen LogP contribution in [0.15, 0.2) is 47.0 Å². The Labute approximate surface area is 166 Å². The molecule has 4 rings (SSSR count). The second-order valence-corrected chi connectivity index (χ2v) is 6.83. The number of hydrogen-bond acceptors (Lipinski definition) is 5. The van der Waals surface area contributed by atoms with Gasteiger partial charge in [0.25, 0.3) is 0 Å². The Morgan fingerprint density at radius 3 is 2.69 bits per heavy atom. The summed E-state index contributed by atoms with van der Waals surface area (Å²) in [4.78, 5) is 18.2. The molecular formula is C21H19F2N3O3. The van der Waals surface area contributed by atoms with Crippen LogP contribution in [0.25, 0.3) is 11.4 Å². The Balaban J connectivity index is 1.48. The van der Waals surface area contributed by atoms with Crippen molar-refractivity contribution >= 4 is 11.6 Å². The Morgan fingerprint density at radius 2 is 1.97 bits per heavy atom. The molecule has 8 heteroatoms. The molecule has 3 aromatic rings. The van der Waals surface area contributed by atoms with Gasteiger partial charge in [0.2, 0.25) is 17.6 Å². The molecule has 1 saturated heterocycles. The van der Waals surface area contributed by atoms with Crippen LogP contribution in [0.2, 0.25) is 0 Å². The lowest BCUT2D eigenvalue weighted by Gasteiger charge is -2.16. The van der Waals surface area contributed by atoms with Gasteiger partial charge >= 0.3 is 0 Å². The Bertz CT molecular complexity index is 1020. The Hall–Kier alpha value is -3.29. The molecule has 2 heterocycles. The minimum absolute atomic E-state index is 0.157. The zero-order chi connectivity index (χ0) is 20.4. The number of hydrogen-bond donors (Lipinski definition) is 0. The first-order chi connectivity index (χ1) is 14.0. The smallest absolute Gasteiger partial charge is 0.232 e. The van der Waals surface area contributed by atoms with Gasteiger partial charge in [0.1, 0.15) is 5.75 Å². The lowest BCUT2D eigenvalue weighted by atomic mass is 10.1. The third-order valence-corrected chi connectivity index (χ3v) is 4.72. The number of ether oxygens (including phenoxy) is 1. The van der Waals surface area contributed by atoms with Crippen molar-refractivity contribution in [2.45, 2.75) is 25.7 Å². The predicted octanol–water partition coefficient (Wildman–Crippen LogP) is 4.32. The highest BCUT2D eigenvalue weighted by atomic mass is 19.2. The van der Waals surface area contributed by atoms with Crippen LogP contribution in [-0.2, 0) is 4.79 Å². The molecule has 0 spiro atoms. The molecule has 1 atom stereocenters. The number of aromatic nitrogens is 2. The molecule has 1 amide bonds. The van der Waals surface area contributed by atoms with Gasteiger partial charge in [0, 0.05) is 30.3 Å². The molecule has 0 N–H and O–H groups in total. The molecule has 1 fully saturated rings. The lowest BCUT2D eigenvalue weighted by molar-refractivity contribution is -0.117. The van der Waals surface area contributed by atoms with E-state index in [0.717, 1.165) is 29.9 Å². The maximum Gasteiger partial charge on any atom is 0.232 e. The topological polar surface area (TPSA) is 68.5 Å². The second kappa shape index (κ2) is 7.98. The van der Waals surface area contributed by atoms with Gasteiger partial charge in [0.15, 0.2) is 11.6 Å². The summed E-state index contributed by atoms with van der Waals surface area (Å²) in [6, 6.07) is 10.7. The average molecular weight is 399 g/mol. The van der Waals surface area contributed by atoms with Gasteiger partial charge in [-0.15, -0.1) is 0 Å². The number of rotatable bonds is 6. The number of nitrogens with zero attached hydrogens (tertiary/aromatic N) is 3. The minimum Gasteiger partial charge on any atom is -0.494 e. The molecule has 1 aliphatic heterocycles. The van der Waals surface area contributed by atoms with Crippen LogP contribution in [0.5, 0.6) is 5.75 Å². The van der Waals surface area contributed by atoms with E-state index in [9.17, 15) is 13.6 Å². The van der Waals surface area contributed by atoms with Crippen molar-refractivity contribution in [1.82, 2.24) is 10.1 Å². The molecule has 0 aliphatic carbocycles. The van der Waals surface area contributed by atoms with Crippen LogP contribution in [0.1, 0.15) is 31.6 Å². The van der Waals surface area contributed by atoms with Crippen LogP contribution in [0.3, 0.4) is 0 Å². The van der Waals surface area contributed by atoms with Crippen molar-refractivity contribution in [3.8, 4) is 17.1 Å². The van der Waals surface area contributed by atoms with Crippen LogP contribution in [0.4, 0.5) is 14.5 Å². The highest BCUT2D eigenvalue weighted by Crippen LogP contribution is 2.32. The summed E-state index contributed by atoms with van der Waals surface area (Å²) in [5.41, 5.74) is 1.07. The maximum atomic E-state index is 13.5. The molecular weight excluding hydrogens is 380 g/mol. The normalized spacial score (nSPS) is 16.4. The number of carbonyl (C=O) groups is 1. The van der Waals surface area contributed by atoms with E-state index in [-0.39, 0.29) is 24.8 Å². The Kier molecular flexibility index (Phi) is 5.24. The first-order valence-corrected chi connectivity index (χ1v) is 9.37. The number of anilines is 1. The summed E-state index contributed by atoms with van der Waals surface area (Å²) in [5, 5.41) is 4.01. The third-order valence-electron chi connectivity index (χ3n) is 4.72. The van der Waals surface area contributed by atoms with Gasteiger partial charge in [-0.05, 0) is 42.8 Å². The molecule has 29 heavy (non-hydrogen) atoms. The molecule has 1 aliphatic rings. The van der Waals surface area contributed by atoms with E-state index >= 15 is 0 Å². The van der Waals surface area contributed by atoms with E-state index in [1.165, 1.54) is 11.0 Å². The van der Waals surface area contributed by atoms with Gasteiger partial charge in [-0.1, -0.05) is 12.1 Å². The standard InChI is InChI=1S/C21H19F2N3O3/c1-2-9-28-16-6-3-13(4-7-16)20-24-21(29-25-20)14-10-19(27)26(12-14)15-5-8-17(22)18(23)11-15/h3-8,11,14H,2,9-10,12H2,1H3. The molecule has 0 radical (unpaired) electrons. The van der Waals surface area contributed by atoms with Crippen molar-refractivity contribution in [1.29, 1.82) is 0 Å². The van der Waals surface area contributed by atoms with Crippen molar-refractivity contribution in [2.24, 2.45) is 0 Å². The summed E-state index contributed by atoms with van der Waals surface area (Å²) in [5.74, 6) is -0.953. The van der Waals surface area contributed by atoms with E-state index in [2.05, 4.69) is 10.1 Å². The van der Waals surface area contributed by atoms with Gasteiger partial charge in [-0.25, -0.2) is 8.78 Å². The van der Waals surface area contributed by atoms with Crippen LogP contribution < -0.4 is 9.64 Å². The average Bonchev–Trinajstić information content (AvgIpc) is 3.36. The van der Waals surface area contributed by atoms with Crippen LogP contribution in [0, 0.1) is 11.6 Å². The fourth-order valence-electron chi connectivity index (χ4n) is 3.21. The molecule has 0 saturated carbocycles. The number of halogens is 2. The first-order valence-electron chi connectivity index (χ1n) is 9.37. The SMILES string of the molecule is CCCOc1ccc(-c2noc(C3CC(=O)N(c4ccc(F)c(F)c4)C3)n2)cc1. The summed E-state index contributed by atoms with van der Waals surface area (Å²) in [6.07, 6.45) is 1.09. The highest BCUT2D eigenvalue weighted by molar-refractivity contribution is 5.96. The number of carbonyl (C=O) groups excluding carboxylic acids is 1. The first kappa shape index (κ1) is 19.0. The van der Waals surface area contributed by atoms with E-state index in [1.807, 2.05) is 31.2 Å². The van der Waals surface area contributed by atoms with E-state index < -0.39 is 11.6 Å². The summed E-state index contributed by atoms with van der Waals surface area (Å²) >= 11 is 0. The zero-order valence-electron chi connectivity index (χ0n) is 15.8. The van der Waals surface area contributed by atoms with Gasteiger partial charge in [0.05, 0.1) is 12.5 Å². The molecule has 150 valence electrons. The molecule has 6 nitrogen and oxygen atoms in total. The van der Waals surface area contributed by atoms with Crippen LogP contribution >= 0.6 is 0 Å². The predicted molar refractivity (Wildman–Crippen MR) is 102 cm³/mol. The quantitative estimate of drug-likeness (QED) is 0.617. The van der Waals surface area contributed by atoms with Crippen molar-refractivity contribution < 1.29 is 22.8 Å². The third kappa shape index (κ3) is 3.96. The van der Waals surface area contributed by atoms with Gasteiger partial charge in [-0.2, -0.15) is 4.98 Å². The fourth-order valence-corrected chi connectivity index (χ4v) is 3.21. The number of benzene rings is 2. The highest BCUT2D eigenvalue weighted by Gasteiger charge is 2.35. The lowest BCUT2D eigenvalue weighted by Crippen LogP contribution is -2.24. The van der Waals surface area contributed by atoms with Crippen LogP contribution in [-0.4, -0.2) is 29.2 Å². The molecule has 1 unspecified atom stereocenters.